The molecule has 1 saturated carbocycles. The first kappa shape index (κ1) is 13.1. The largest absolute Gasteiger partial charge is 0.466 e. The summed E-state index contributed by atoms with van der Waals surface area (Å²) in [4.78, 5) is 11.3. The number of ether oxygens (including phenoxy) is 1. The van der Waals surface area contributed by atoms with Gasteiger partial charge in [-0.25, -0.2) is 0 Å². The van der Waals surface area contributed by atoms with Crippen molar-refractivity contribution in [2.24, 2.45) is 5.92 Å². The zero-order valence-corrected chi connectivity index (χ0v) is 10.9. The first-order valence-electron chi connectivity index (χ1n) is 6.75. The van der Waals surface area contributed by atoms with Crippen LogP contribution in [-0.4, -0.2) is 19.1 Å². The molecule has 0 aliphatic heterocycles. The third-order valence-corrected chi connectivity index (χ3v) is 3.25. The van der Waals surface area contributed by atoms with Gasteiger partial charge in [0, 0.05) is 12.6 Å². The number of esters is 1. The molecule has 1 aliphatic rings. The van der Waals surface area contributed by atoms with Crippen LogP contribution in [0.1, 0.15) is 37.8 Å². The predicted octanol–water partition coefficient (Wildman–Crippen LogP) is 2.68. The third-order valence-electron chi connectivity index (χ3n) is 3.25. The Balaban J connectivity index is 1.83. The highest BCUT2D eigenvalue weighted by Gasteiger charge is 2.31. The number of benzene rings is 1. The minimum atomic E-state index is -0.118. The van der Waals surface area contributed by atoms with Gasteiger partial charge in [-0.3, -0.25) is 4.79 Å². The molecule has 1 atom stereocenters. The van der Waals surface area contributed by atoms with Crippen molar-refractivity contribution >= 4 is 5.97 Å². The van der Waals surface area contributed by atoms with E-state index in [1.165, 1.54) is 18.4 Å². The van der Waals surface area contributed by atoms with Crippen LogP contribution < -0.4 is 5.32 Å². The van der Waals surface area contributed by atoms with Gasteiger partial charge in [0.1, 0.15) is 0 Å². The fourth-order valence-corrected chi connectivity index (χ4v) is 2.21. The molecule has 0 heterocycles. The normalized spacial score (nSPS) is 16.3. The van der Waals surface area contributed by atoms with Crippen molar-refractivity contribution in [2.75, 3.05) is 13.2 Å². The summed E-state index contributed by atoms with van der Waals surface area (Å²) in [6.07, 6.45) is 3.02. The molecule has 98 valence electrons. The molecule has 3 heteroatoms. The molecule has 1 aromatic carbocycles. The van der Waals surface area contributed by atoms with Gasteiger partial charge in [0.25, 0.3) is 0 Å². The van der Waals surface area contributed by atoms with Gasteiger partial charge in [0.15, 0.2) is 0 Å². The van der Waals surface area contributed by atoms with Crippen LogP contribution in [0.25, 0.3) is 0 Å². The van der Waals surface area contributed by atoms with Gasteiger partial charge < -0.3 is 10.1 Å². The molecule has 2 rings (SSSR count). The second-order valence-corrected chi connectivity index (χ2v) is 4.73. The lowest BCUT2D eigenvalue weighted by atomic mass is 10.0. The molecule has 3 nitrogen and oxygen atoms in total. The molecule has 0 aromatic heterocycles. The van der Waals surface area contributed by atoms with E-state index >= 15 is 0 Å². The van der Waals surface area contributed by atoms with Crippen LogP contribution >= 0.6 is 0 Å². The summed E-state index contributed by atoms with van der Waals surface area (Å²) in [6.45, 7) is 2.99. The molecule has 1 aliphatic carbocycles. The van der Waals surface area contributed by atoms with Gasteiger partial charge >= 0.3 is 5.97 Å². The highest BCUT2D eigenvalue weighted by Crippen LogP contribution is 2.40. The van der Waals surface area contributed by atoms with Gasteiger partial charge in [-0.1, -0.05) is 30.3 Å². The molecule has 1 N–H and O–H groups in total. The Morgan fingerprint density at radius 2 is 2.11 bits per heavy atom. The van der Waals surface area contributed by atoms with Crippen LogP contribution in [0.5, 0.6) is 0 Å². The molecule has 18 heavy (non-hydrogen) atoms. The lowest BCUT2D eigenvalue weighted by Gasteiger charge is -2.18. The standard InChI is InChI=1S/C15H21NO2/c1-2-18-14(17)10-11-16-15(13-8-9-13)12-6-4-3-5-7-12/h3-7,13,15-16H,2,8-11H2,1H3. The minimum Gasteiger partial charge on any atom is -0.466 e. The molecule has 0 bridgehead atoms. The summed E-state index contributed by atoms with van der Waals surface area (Å²) in [5.41, 5.74) is 1.32. The van der Waals surface area contributed by atoms with E-state index in [1.54, 1.807) is 0 Å². The van der Waals surface area contributed by atoms with Gasteiger partial charge in [0.05, 0.1) is 13.0 Å². The fraction of sp³-hybridized carbons (Fsp3) is 0.533. The van der Waals surface area contributed by atoms with E-state index in [4.69, 9.17) is 4.74 Å². The summed E-state index contributed by atoms with van der Waals surface area (Å²) in [5, 5.41) is 3.49. The second-order valence-electron chi connectivity index (χ2n) is 4.73. The Morgan fingerprint density at radius 3 is 2.72 bits per heavy atom. The van der Waals surface area contributed by atoms with E-state index in [9.17, 15) is 4.79 Å². The number of hydrogen-bond acceptors (Lipinski definition) is 3. The van der Waals surface area contributed by atoms with Crippen molar-refractivity contribution in [1.82, 2.24) is 5.32 Å². The van der Waals surface area contributed by atoms with Gasteiger partial charge in [-0.2, -0.15) is 0 Å². The monoisotopic (exact) mass is 247 g/mol. The second kappa shape index (κ2) is 6.55. The van der Waals surface area contributed by atoms with E-state index in [2.05, 4.69) is 29.6 Å². The molecular formula is C15H21NO2. The Hall–Kier alpha value is -1.35. The highest BCUT2D eigenvalue weighted by atomic mass is 16.5. The quantitative estimate of drug-likeness (QED) is 0.753. The van der Waals surface area contributed by atoms with Crippen molar-refractivity contribution < 1.29 is 9.53 Å². The van der Waals surface area contributed by atoms with E-state index in [0.717, 1.165) is 5.92 Å². The number of hydrogen-bond donors (Lipinski definition) is 1. The number of rotatable bonds is 7. The van der Waals surface area contributed by atoms with Crippen molar-refractivity contribution in [2.45, 2.75) is 32.2 Å². The molecule has 0 radical (unpaired) electrons. The zero-order chi connectivity index (χ0) is 12.8. The van der Waals surface area contributed by atoms with Crippen molar-refractivity contribution in [3.05, 3.63) is 35.9 Å². The average Bonchev–Trinajstić information content (AvgIpc) is 3.20. The lowest BCUT2D eigenvalue weighted by molar-refractivity contribution is -0.143. The maximum atomic E-state index is 11.3. The summed E-state index contributed by atoms with van der Waals surface area (Å²) in [5.74, 6) is 0.613. The first-order valence-corrected chi connectivity index (χ1v) is 6.75. The van der Waals surface area contributed by atoms with Crippen LogP contribution in [0, 0.1) is 5.92 Å². The first-order chi connectivity index (χ1) is 8.81. The smallest absolute Gasteiger partial charge is 0.307 e. The van der Waals surface area contributed by atoms with E-state index < -0.39 is 0 Å². The van der Waals surface area contributed by atoms with Gasteiger partial charge in [-0.05, 0) is 31.2 Å². The SMILES string of the molecule is CCOC(=O)CCNC(c1ccccc1)C1CC1. The summed E-state index contributed by atoms with van der Waals surface area (Å²) in [6, 6.07) is 10.9. The van der Waals surface area contributed by atoms with Crippen molar-refractivity contribution in [3.8, 4) is 0 Å². The Kier molecular flexibility index (Phi) is 4.76. The Labute approximate surface area is 109 Å². The highest BCUT2D eigenvalue weighted by molar-refractivity contribution is 5.69. The van der Waals surface area contributed by atoms with Crippen molar-refractivity contribution in [3.63, 3.8) is 0 Å². The molecule has 1 aromatic rings. The van der Waals surface area contributed by atoms with Crippen LogP contribution in [0.15, 0.2) is 30.3 Å². The Morgan fingerprint density at radius 1 is 1.39 bits per heavy atom. The van der Waals surface area contributed by atoms with Crippen LogP contribution in [0.3, 0.4) is 0 Å². The molecule has 1 unspecified atom stereocenters. The molecular weight excluding hydrogens is 226 g/mol. The van der Waals surface area contributed by atoms with E-state index in [-0.39, 0.29) is 5.97 Å². The van der Waals surface area contributed by atoms with Crippen LogP contribution in [0.2, 0.25) is 0 Å². The van der Waals surface area contributed by atoms with Gasteiger partial charge in [-0.15, -0.1) is 0 Å². The molecule has 0 amide bonds. The number of carbonyl (C=O) groups excluding carboxylic acids is 1. The van der Waals surface area contributed by atoms with Crippen LogP contribution in [0.4, 0.5) is 0 Å². The predicted molar refractivity (Wildman–Crippen MR) is 71.2 cm³/mol. The van der Waals surface area contributed by atoms with Gasteiger partial charge in [0.2, 0.25) is 0 Å². The van der Waals surface area contributed by atoms with Crippen molar-refractivity contribution in [1.29, 1.82) is 0 Å². The summed E-state index contributed by atoms with van der Waals surface area (Å²) in [7, 11) is 0. The number of nitrogens with one attached hydrogen (secondary N) is 1. The van der Waals surface area contributed by atoms with E-state index in [0.29, 0.717) is 25.6 Å². The lowest BCUT2D eigenvalue weighted by Crippen LogP contribution is -2.26. The minimum absolute atomic E-state index is 0.118. The maximum Gasteiger partial charge on any atom is 0.307 e. The average molecular weight is 247 g/mol. The molecule has 0 saturated heterocycles. The Bertz CT molecular complexity index is 373. The third kappa shape index (κ3) is 3.84. The summed E-state index contributed by atoms with van der Waals surface area (Å²) >= 11 is 0. The summed E-state index contributed by atoms with van der Waals surface area (Å²) < 4.78 is 4.93. The molecule has 0 spiro atoms. The molecule has 1 fully saturated rings. The van der Waals surface area contributed by atoms with Crippen LogP contribution in [-0.2, 0) is 9.53 Å². The van der Waals surface area contributed by atoms with E-state index in [1.807, 2.05) is 13.0 Å². The zero-order valence-electron chi connectivity index (χ0n) is 10.9. The fourth-order valence-electron chi connectivity index (χ4n) is 2.21. The topological polar surface area (TPSA) is 38.3 Å². The maximum absolute atomic E-state index is 11.3. The number of carbonyl (C=O) groups is 1.